The minimum atomic E-state index is -1.50. The number of cyclic esters (lactones) is 1. The molecule has 0 aromatic heterocycles. The van der Waals surface area contributed by atoms with Crippen molar-refractivity contribution in [3.05, 3.63) is 107 Å². The lowest BCUT2D eigenvalue weighted by atomic mass is 9.86. The van der Waals surface area contributed by atoms with Gasteiger partial charge in [-0.25, -0.2) is 14.0 Å². The van der Waals surface area contributed by atoms with Gasteiger partial charge in [0.25, 0.3) is 0 Å². The summed E-state index contributed by atoms with van der Waals surface area (Å²) in [4.78, 5) is 129. The first-order valence-electron chi connectivity index (χ1n) is 24.9. The summed E-state index contributed by atoms with van der Waals surface area (Å²) in [6, 6.07) is 15.4. The summed E-state index contributed by atoms with van der Waals surface area (Å²) >= 11 is 0. The van der Waals surface area contributed by atoms with Gasteiger partial charge in [-0.3, -0.25) is 33.6 Å². The number of nitrogens with zero attached hydrogens (tertiary/aromatic N) is 2. The van der Waals surface area contributed by atoms with Gasteiger partial charge in [0.05, 0.1) is 18.0 Å². The van der Waals surface area contributed by atoms with Crippen molar-refractivity contribution < 1.29 is 62.1 Å². The number of hydrogen-bond acceptors (Lipinski definition) is 12. The number of aliphatic hydroxyl groups is 1. The van der Waals surface area contributed by atoms with Crippen LogP contribution in [0.25, 0.3) is 0 Å². The van der Waals surface area contributed by atoms with E-state index in [4.69, 9.17) is 9.47 Å². The maximum atomic E-state index is 15.0. The van der Waals surface area contributed by atoms with E-state index in [9.17, 15) is 47.9 Å². The standard InChI is InChI=1S/C54H67FN6O12/c1-30(2)46-53(70)73-33(5)40(28-43(62)31(3)56-48(65)32(4)57-54(71)72-29-35-16-11-8-12-17-35)49(66)59-47(37-20-21-37)44(63)27-38-22-23-45(64)61(51(38)68)42(26-36-18-13-19-39(55)24-36)52(69)60(6)41(50(67)58-46)25-34-14-9-7-10-15-34/h7-19,24,30-33,37-38,40-42,45-47,64H,20-23,25-29H2,1-6H3,(H,56,65)(H,57,71)(H,58,67)(H,59,66)/t31-,32-,33+,38+,40-,41-,42-,45+,46-,47-/m0/s1. The molecule has 0 spiro atoms. The van der Waals surface area contributed by atoms with Crippen LogP contribution in [0.15, 0.2) is 84.9 Å². The van der Waals surface area contributed by atoms with Crippen molar-refractivity contribution in [2.45, 2.75) is 141 Å². The summed E-state index contributed by atoms with van der Waals surface area (Å²) in [5.74, 6) is -10.1. The van der Waals surface area contributed by atoms with E-state index >= 15 is 4.79 Å². The molecule has 6 amide bonds. The van der Waals surface area contributed by atoms with Gasteiger partial charge in [0.1, 0.15) is 48.9 Å². The zero-order chi connectivity index (χ0) is 53.1. The maximum Gasteiger partial charge on any atom is 0.408 e. The summed E-state index contributed by atoms with van der Waals surface area (Å²) in [7, 11) is 1.37. The molecular weight excluding hydrogens is 944 g/mol. The van der Waals surface area contributed by atoms with Crippen molar-refractivity contribution in [2.24, 2.45) is 23.7 Å². The molecule has 1 saturated carbocycles. The maximum absolute atomic E-state index is 15.0. The Morgan fingerprint density at radius 3 is 2.03 bits per heavy atom. The quantitative estimate of drug-likeness (QED) is 0.145. The molecule has 3 aromatic carbocycles. The Bertz CT molecular complexity index is 2490. The third-order valence-corrected chi connectivity index (χ3v) is 13.8. The first-order chi connectivity index (χ1) is 34.7. The third kappa shape index (κ3) is 14.8. The number of nitrogens with one attached hydrogen (secondary N) is 4. The van der Waals surface area contributed by atoms with Crippen molar-refractivity contribution in [1.82, 2.24) is 31.1 Å². The molecule has 0 unspecified atom stereocenters. The van der Waals surface area contributed by atoms with Gasteiger partial charge < -0.3 is 45.6 Å². The lowest BCUT2D eigenvalue weighted by molar-refractivity contribution is -0.167. The first kappa shape index (κ1) is 55.3. The normalized spacial score (nSPS) is 25.5. The summed E-state index contributed by atoms with van der Waals surface area (Å²) < 4.78 is 25.8. The minimum Gasteiger partial charge on any atom is -0.460 e. The van der Waals surface area contributed by atoms with Gasteiger partial charge in [-0.15, -0.1) is 0 Å². The fourth-order valence-electron chi connectivity index (χ4n) is 9.24. The average Bonchev–Trinajstić information content (AvgIpc) is 4.21. The van der Waals surface area contributed by atoms with E-state index in [0.29, 0.717) is 24.0 Å². The number of rotatable bonds is 14. The van der Waals surface area contributed by atoms with Crippen LogP contribution in [-0.2, 0) is 67.3 Å². The van der Waals surface area contributed by atoms with E-state index in [0.717, 1.165) is 15.4 Å². The predicted molar refractivity (Wildman–Crippen MR) is 263 cm³/mol. The van der Waals surface area contributed by atoms with E-state index < -0.39 is 138 Å². The van der Waals surface area contributed by atoms with Crippen molar-refractivity contribution in [3.63, 3.8) is 0 Å². The number of amides is 6. The number of Topliss-reactive ketones (excluding diaryl/α,β-unsaturated/α-hetero) is 2. The zero-order valence-corrected chi connectivity index (χ0v) is 42.1. The smallest absolute Gasteiger partial charge is 0.408 e. The van der Waals surface area contributed by atoms with Crippen LogP contribution in [0.1, 0.15) is 89.8 Å². The van der Waals surface area contributed by atoms with Crippen LogP contribution >= 0.6 is 0 Å². The first-order valence-corrected chi connectivity index (χ1v) is 24.9. The lowest BCUT2D eigenvalue weighted by Crippen LogP contribution is -2.62. The van der Waals surface area contributed by atoms with Crippen molar-refractivity contribution in [2.75, 3.05) is 7.05 Å². The molecule has 392 valence electrons. The highest BCUT2D eigenvalue weighted by Gasteiger charge is 2.47. The van der Waals surface area contributed by atoms with Crippen LogP contribution < -0.4 is 21.3 Å². The number of esters is 1. The number of alkyl carbamates (subject to hydrolysis) is 1. The minimum absolute atomic E-state index is 0.0339. The highest BCUT2D eigenvalue weighted by Crippen LogP contribution is 2.36. The number of likely N-dealkylation sites (N-methyl/N-ethyl adjacent to an activating group) is 1. The van der Waals surface area contributed by atoms with Gasteiger partial charge in [0, 0.05) is 38.6 Å². The molecule has 2 aliphatic heterocycles. The van der Waals surface area contributed by atoms with Crippen molar-refractivity contribution in [3.8, 4) is 0 Å². The van der Waals surface area contributed by atoms with Crippen molar-refractivity contribution >= 4 is 53.2 Å². The van der Waals surface area contributed by atoms with Crippen LogP contribution in [0.2, 0.25) is 0 Å². The number of halogens is 1. The number of ketones is 2. The number of ether oxygens (including phenoxy) is 2. The number of piperidine rings is 1. The Kier molecular flexibility index (Phi) is 19.0. The van der Waals surface area contributed by atoms with Gasteiger partial charge in [0.2, 0.25) is 29.5 Å². The molecule has 2 heterocycles. The summed E-state index contributed by atoms with van der Waals surface area (Å²) in [6.45, 7) is 7.41. The van der Waals surface area contributed by atoms with Crippen LogP contribution in [0.5, 0.6) is 0 Å². The molecule has 2 bridgehead atoms. The molecule has 3 fully saturated rings. The van der Waals surface area contributed by atoms with E-state index in [-0.39, 0.29) is 38.2 Å². The molecule has 0 radical (unpaired) electrons. The number of carbonyl (C=O) groups excluding carboxylic acids is 9. The zero-order valence-electron chi connectivity index (χ0n) is 42.1. The molecule has 73 heavy (non-hydrogen) atoms. The van der Waals surface area contributed by atoms with Gasteiger partial charge in [-0.05, 0) is 87.1 Å². The molecule has 5 N–H and O–H groups in total. The predicted octanol–water partition coefficient (Wildman–Crippen LogP) is 3.70. The molecule has 3 aromatic rings. The van der Waals surface area contributed by atoms with Gasteiger partial charge in [-0.2, -0.15) is 0 Å². The van der Waals surface area contributed by atoms with E-state index in [1.807, 2.05) is 6.07 Å². The molecule has 3 aliphatic rings. The Morgan fingerprint density at radius 1 is 0.767 bits per heavy atom. The SMILES string of the molecule is CC(C)[C@@H]1NC(=O)[C@H](Cc2ccccc2)N(C)C(=O)[C@H](Cc2cccc(F)c2)N2C(=O)[C@H](CC[C@H]2O)CC(=O)[C@H](C2CC2)NC(=O)[C@@H](CC(=O)[C@H](C)NC(=O)[C@H](C)NC(=O)OCc2ccccc2)[C@@H](C)OC1=O. The molecule has 1 aliphatic carbocycles. The highest BCUT2D eigenvalue weighted by atomic mass is 19.1. The van der Waals surface area contributed by atoms with Crippen LogP contribution in [0.4, 0.5) is 9.18 Å². The third-order valence-electron chi connectivity index (χ3n) is 13.8. The molecular formula is C54H67FN6O12. The van der Waals surface area contributed by atoms with Crippen LogP contribution in [-0.4, -0.2) is 124 Å². The number of fused-ring (bicyclic) bond motifs is 2. The molecule has 18 nitrogen and oxygen atoms in total. The van der Waals surface area contributed by atoms with E-state index in [1.165, 1.54) is 46.0 Å². The average molecular weight is 1010 g/mol. The monoisotopic (exact) mass is 1010 g/mol. The van der Waals surface area contributed by atoms with Gasteiger partial charge >= 0.3 is 12.1 Å². The Balaban J connectivity index is 1.31. The molecule has 2 saturated heterocycles. The van der Waals surface area contributed by atoms with E-state index in [1.54, 1.807) is 74.5 Å². The number of benzene rings is 3. The number of hydrogen-bond donors (Lipinski definition) is 5. The molecule has 10 atom stereocenters. The largest absolute Gasteiger partial charge is 0.460 e. The summed E-state index contributed by atoms with van der Waals surface area (Å²) in [5, 5.41) is 22.1. The second-order valence-corrected chi connectivity index (χ2v) is 19.8. The second kappa shape index (κ2) is 25.1. The summed E-state index contributed by atoms with van der Waals surface area (Å²) in [5.41, 5.74) is 1.67. The number of carbonyl (C=O) groups is 9. The van der Waals surface area contributed by atoms with Crippen molar-refractivity contribution in [1.29, 1.82) is 0 Å². The fourth-order valence-corrected chi connectivity index (χ4v) is 9.24. The van der Waals surface area contributed by atoms with Crippen LogP contribution in [0, 0.1) is 29.5 Å². The second-order valence-electron chi connectivity index (χ2n) is 19.8. The Labute approximate surface area is 424 Å². The van der Waals surface area contributed by atoms with Gasteiger partial charge in [0.15, 0.2) is 11.6 Å². The topological polar surface area (TPSA) is 247 Å². The van der Waals surface area contributed by atoms with Gasteiger partial charge in [-0.1, -0.05) is 86.6 Å². The Morgan fingerprint density at radius 2 is 1.40 bits per heavy atom. The highest BCUT2D eigenvalue weighted by molar-refractivity contribution is 5.98. The lowest BCUT2D eigenvalue weighted by Gasteiger charge is -2.43. The van der Waals surface area contributed by atoms with E-state index in [2.05, 4.69) is 21.3 Å². The number of aliphatic hydroxyl groups excluding tert-OH is 1. The summed E-state index contributed by atoms with van der Waals surface area (Å²) in [6.07, 6.45) is -3.94. The fraction of sp³-hybridized carbons (Fsp3) is 0.500. The molecule has 6 rings (SSSR count). The Hall–Kier alpha value is -7.02. The van der Waals surface area contributed by atoms with Crippen LogP contribution in [0.3, 0.4) is 0 Å². The molecule has 19 heteroatoms.